The molecule has 0 aliphatic carbocycles. The third kappa shape index (κ3) is 1.99. The number of fused-ring (bicyclic) bond motifs is 3. The fraction of sp³-hybridized carbons (Fsp3) is 0.0667. The highest BCUT2D eigenvalue weighted by Crippen LogP contribution is 2.35. The van der Waals surface area contributed by atoms with Gasteiger partial charge in [-0.15, -0.1) is 17.9 Å². The van der Waals surface area contributed by atoms with Crippen LogP contribution in [0.15, 0.2) is 55.1 Å². The lowest BCUT2D eigenvalue weighted by Gasteiger charge is -1.99. The molecule has 0 aliphatic rings. The van der Waals surface area contributed by atoms with Crippen LogP contribution in [0.25, 0.3) is 20.2 Å². The molecule has 86 valence electrons. The van der Waals surface area contributed by atoms with Gasteiger partial charge in [-0.3, -0.25) is 0 Å². The van der Waals surface area contributed by atoms with Crippen molar-refractivity contribution >= 4 is 45.0 Å². The Bertz CT molecular complexity index is 665. The van der Waals surface area contributed by atoms with E-state index in [1.54, 1.807) is 0 Å². The van der Waals surface area contributed by atoms with Crippen molar-refractivity contribution in [2.75, 3.05) is 0 Å². The van der Waals surface area contributed by atoms with E-state index in [1.165, 1.54) is 25.7 Å². The molecule has 0 fully saturated rings. The molecule has 17 heavy (non-hydrogen) atoms. The Labute approximate surface area is 112 Å². The average molecular weight is 258 g/mol. The van der Waals surface area contributed by atoms with Gasteiger partial charge in [0.1, 0.15) is 0 Å². The summed E-state index contributed by atoms with van der Waals surface area (Å²) in [6.45, 7) is 3.83. The molecule has 0 N–H and O–H groups in total. The van der Waals surface area contributed by atoms with Crippen molar-refractivity contribution in [3.8, 4) is 0 Å². The van der Waals surface area contributed by atoms with Gasteiger partial charge >= 0.3 is 0 Å². The lowest BCUT2D eigenvalue weighted by Crippen LogP contribution is -1.80. The quantitative estimate of drug-likeness (QED) is 0.574. The van der Waals surface area contributed by atoms with Gasteiger partial charge in [-0.2, -0.15) is 13.5 Å². The van der Waals surface area contributed by atoms with Crippen LogP contribution in [0.1, 0.15) is 5.56 Å². The highest BCUT2D eigenvalue weighted by Gasteiger charge is 2.07. The molecule has 2 heteroatoms. The zero-order valence-electron chi connectivity index (χ0n) is 9.44. The first kappa shape index (κ1) is 12.2. The summed E-state index contributed by atoms with van der Waals surface area (Å²) in [5.41, 5.74) is 1.38. The molecule has 0 nitrogen and oxygen atoms in total. The van der Waals surface area contributed by atoms with Gasteiger partial charge in [-0.25, -0.2) is 0 Å². The van der Waals surface area contributed by atoms with Gasteiger partial charge in [-0.1, -0.05) is 36.4 Å². The second-order valence-electron chi connectivity index (χ2n) is 3.88. The maximum absolute atomic E-state index is 3.83. The highest BCUT2D eigenvalue weighted by molar-refractivity contribution is 7.59. The normalized spacial score (nSPS) is 10.4. The Morgan fingerprint density at radius 2 is 1.76 bits per heavy atom. The van der Waals surface area contributed by atoms with Crippen LogP contribution in [-0.2, 0) is 6.42 Å². The first-order valence-corrected chi connectivity index (χ1v) is 6.22. The summed E-state index contributed by atoms with van der Waals surface area (Å²) in [6.07, 6.45) is 2.92. The van der Waals surface area contributed by atoms with Gasteiger partial charge in [0.2, 0.25) is 0 Å². The minimum atomic E-state index is 0. The third-order valence-electron chi connectivity index (χ3n) is 2.85. The number of rotatable bonds is 2. The number of hydrogen-bond donors (Lipinski definition) is 0. The highest BCUT2D eigenvalue weighted by atomic mass is 32.1. The molecule has 3 rings (SSSR count). The van der Waals surface area contributed by atoms with E-state index in [-0.39, 0.29) is 13.5 Å². The topological polar surface area (TPSA) is 0 Å². The molecule has 0 radical (unpaired) electrons. The summed E-state index contributed by atoms with van der Waals surface area (Å²) in [4.78, 5) is 0. The van der Waals surface area contributed by atoms with Crippen molar-refractivity contribution in [2.24, 2.45) is 0 Å². The Morgan fingerprint density at radius 1 is 1.00 bits per heavy atom. The molecule has 0 atom stereocenters. The van der Waals surface area contributed by atoms with Crippen molar-refractivity contribution in [3.05, 3.63) is 60.7 Å². The SMILES string of the molecule is C=CCc1cccc2sc3ccccc3c12.S. The molecule has 0 saturated carbocycles. The van der Waals surface area contributed by atoms with E-state index in [4.69, 9.17) is 0 Å². The van der Waals surface area contributed by atoms with Gasteiger partial charge < -0.3 is 0 Å². The third-order valence-corrected chi connectivity index (χ3v) is 3.99. The fourth-order valence-electron chi connectivity index (χ4n) is 2.17. The molecule has 1 aromatic heterocycles. The Balaban J connectivity index is 0.00000108. The second-order valence-corrected chi connectivity index (χ2v) is 4.97. The summed E-state index contributed by atoms with van der Waals surface area (Å²) in [6, 6.07) is 15.1. The standard InChI is InChI=1S/C15H12S.H2S/c1-2-6-11-7-5-10-14-15(11)12-8-3-4-9-13(12)16-14;/h2-5,7-10H,1,6H2;1H2. The van der Waals surface area contributed by atoms with Crippen LogP contribution < -0.4 is 0 Å². The van der Waals surface area contributed by atoms with Crippen LogP contribution in [0, 0.1) is 0 Å². The van der Waals surface area contributed by atoms with Crippen LogP contribution in [-0.4, -0.2) is 0 Å². The van der Waals surface area contributed by atoms with E-state index in [0.29, 0.717) is 0 Å². The molecule has 1 heterocycles. The molecule has 0 spiro atoms. The molecule has 2 aromatic carbocycles. The molecule has 0 bridgehead atoms. The van der Waals surface area contributed by atoms with E-state index < -0.39 is 0 Å². The van der Waals surface area contributed by atoms with Gasteiger partial charge in [-0.05, 0) is 24.1 Å². The molecular formula is C15H14S2. The summed E-state index contributed by atoms with van der Waals surface area (Å²) >= 11 is 1.87. The molecule has 0 unspecified atom stereocenters. The minimum absolute atomic E-state index is 0. The van der Waals surface area contributed by atoms with Crippen LogP contribution in [0.2, 0.25) is 0 Å². The first-order chi connectivity index (χ1) is 7.90. The summed E-state index contributed by atoms with van der Waals surface area (Å²) in [5, 5.41) is 2.78. The zero-order valence-corrected chi connectivity index (χ0v) is 11.3. The molecule has 3 aromatic rings. The van der Waals surface area contributed by atoms with Crippen LogP contribution in [0.5, 0.6) is 0 Å². The predicted octanol–water partition coefficient (Wildman–Crippen LogP) is 4.90. The number of allylic oxidation sites excluding steroid dienone is 1. The van der Waals surface area contributed by atoms with Crippen molar-refractivity contribution in [1.82, 2.24) is 0 Å². The smallest absolute Gasteiger partial charge is 0.0358 e. The van der Waals surface area contributed by atoms with Gasteiger partial charge in [0.15, 0.2) is 0 Å². The fourth-order valence-corrected chi connectivity index (χ4v) is 3.33. The molecule has 0 saturated heterocycles. The van der Waals surface area contributed by atoms with E-state index >= 15 is 0 Å². The van der Waals surface area contributed by atoms with Crippen LogP contribution in [0.4, 0.5) is 0 Å². The van der Waals surface area contributed by atoms with Crippen molar-refractivity contribution in [3.63, 3.8) is 0 Å². The molecule has 0 amide bonds. The van der Waals surface area contributed by atoms with E-state index in [1.807, 2.05) is 17.4 Å². The Kier molecular flexibility index (Phi) is 3.55. The average Bonchev–Trinajstić information content (AvgIpc) is 2.68. The van der Waals surface area contributed by atoms with E-state index in [2.05, 4.69) is 49.0 Å². The molecule has 0 aliphatic heterocycles. The first-order valence-electron chi connectivity index (χ1n) is 5.40. The maximum atomic E-state index is 3.83. The number of thiophene rings is 1. The van der Waals surface area contributed by atoms with Crippen LogP contribution in [0.3, 0.4) is 0 Å². The zero-order chi connectivity index (χ0) is 11.0. The van der Waals surface area contributed by atoms with Crippen molar-refractivity contribution in [2.45, 2.75) is 6.42 Å². The lowest BCUT2D eigenvalue weighted by molar-refractivity contribution is 1.32. The summed E-state index contributed by atoms with van der Waals surface area (Å²) in [7, 11) is 0. The Morgan fingerprint density at radius 3 is 2.59 bits per heavy atom. The second kappa shape index (κ2) is 4.94. The minimum Gasteiger partial charge on any atom is -0.197 e. The number of hydrogen-bond acceptors (Lipinski definition) is 1. The lowest BCUT2D eigenvalue weighted by atomic mass is 10.0. The summed E-state index contributed by atoms with van der Waals surface area (Å²) in [5.74, 6) is 0. The van der Waals surface area contributed by atoms with Crippen molar-refractivity contribution in [1.29, 1.82) is 0 Å². The van der Waals surface area contributed by atoms with E-state index in [9.17, 15) is 0 Å². The monoisotopic (exact) mass is 258 g/mol. The van der Waals surface area contributed by atoms with Crippen molar-refractivity contribution < 1.29 is 0 Å². The maximum Gasteiger partial charge on any atom is 0.0358 e. The van der Waals surface area contributed by atoms with E-state index in [0.717, 1.165) is 6.42 Å². The van der Waals surface area contributed by atoms with Gasteiger partial charge in [0.05, 0.1) is 0 Å². The van der Waals surface area contributed by atoms with Gasteiger partial charge in [0, 0.05) is 20.2 Å². The molecular weight excluding hydrogens is 244 g/mol. The summed E-state index contributed by atoms with van der Waals surface area (Å²) < 4.78 is 2.74. The van der Waals surface area contributed by atoms with Gasteiger partial charge in [0.25, 0.3) is 0 Å². The predicted molar refractivity (Wildman–Crippen MR) is 83.6 cm³/mol. The largest absolute Gasteiger partial charge is 0.197 e. The Hall–Kier alpha value is -1.25. The van der Waals surface area contributed by atoms with Crippen LogP contribution >= 0.6 is 24.8 Å². The number of benzene rings is 2.